The summed E-state index contributed by atoms with van der Waals surface area (Å²) in [6.07, 6.45) is 6.01. The number of aromatic nitrogens is 1. The number of allylic oxidation sites excluding steroid dienone is 4. The lowest BCUT2D eigenvalue weighted by atomic mass is 9.76. The van der Waals surface area contributed by atoms with Crippen LogP contribution in [0.4, 0.5) is 5.69 Å². The Kier molecular flexibility index (Phi) is 5.41. The number of amides is 1. The first-order chi connectivity index (χ1) is 13.4. The molecule has 1 unspecified atom stereocenters. The van der Waals surface area contributed by atoms with Crippen molar-refractivity contribution in [1.82, 2.24) is 4.98 Å². The van der Waals surface area contributed by atoms with E-state index >= 15 is 0 Å². The highest BCUT2D eigenvalue weighted by atomic mass is 16.5. The molecule has 146 valence electrons. The Morgan fingerprint density at radius 2 is 2.21 bits per heavy atom. The van der Waals surface area contributed by atoms with Crippen molar-refractivity contribution in [3.63, 3.8) is 0 Å². The fourth-order valence-corrected chi connectivity index (χ4v) is 3.79. The third-order valence-corrected chi connectivity index (χ3v) is 5.04. The summed E-state index contributed by atoms with van der Waals surface area (Å²) < 4.78 is 11.4. The lowest BCUT2D eigenvalue weighted by molar-refractivity contribution is -0.114. The van der Waals surface area contributed by atoms with Gasteiger partial charge in [-0.1, -0.05) is 6.08 Å². The van der Waals surface area contributed by atoms with Crippen molar-refractivity contribution in [3.8, 4) is 11.9 Å². The number of hydrogen-bond donors (Lipinski definition) is 2. The minimum Gasteiger partial charge on any atom is -0.497 e. The van der Waals surface area contributed by atoms with Gasteiger partial charge in [-0.25, -0.2) is 4.98 Å². The number of aryl methyl sites for hydroxylation is 1. The zero-order chi connectivity index (χ0) is 20.4. The first-order valence-corrected chi connectivity index (χ1v) is 9.18. The summed E-state index contributed by atoms with van der Waals surface area (Å²) >= 11 is 0. The molecule has 2 atom stereocenters. The van der Waals surface area contributed by atoms with Gasteiger partial charge in [-0.05, 0) is 38.8 Å². The van der Waals surface area contributed by atoms with Crippen LogP contribution in [0, 0.1) is 24.2 Å². The van der Waals surface area contributed by atoms with E-state index in [9.17, 15) is 10.1 Å². The van der Waals surface area contributed by atoms with E-state index in [-0.39, 0.29) is 5.92 Å². The summed E-state index contributed by atoms with van der Waals surface area (Å²) in [7, 11) is 1.56. The highest BCUT2D eigenvalue weighted by molar-refractivity contribution is 5.98. The molecule has 0 aromatic carbocycles. The number of ether oxygens (including phenoxy) is 2. The van der Waals surface area contributed by atoms with Gasteiger partial charge < -0.3 is 20.5 Å². The summed E-state index contributed by atoms with van der Waals surface area (Å²) in [6, 6.07) is 2.24. The van der Waals surface area contributed by atoms with Crippen molar-refractivity contribution in [2.45, 2.75) is 33.1 Å². The second-order valence-corrected chi connectivity index (χ2v) is 6.79. The minimum atomic E-state index is -0.525. The number of hydrogen-bond acceptors (Lipinski definition) is 6. The number of nitrogens with one attached hydrogen (secondary N) is 1. The first kappa shape index (κ1) is 19.5. The number of fused-ring (bicyclic) bond motifs is 1. The SMILES string of the molecule is CCOc1ncc(C)c2c1[C@H](C1=CCC(C#N)C=C1OC)C(C(N)=O)=C(C)N2. The molecule has 3 rings (SSSR count). The van der Waals surface area contributed by atoms with E-state index in [0.717, 1.165) is 22.4 Å². The number of pyridine rings is 1. The first-order valence-electron chi connectivity index (χ1n) is 9.18. The van der Waals surface area contributed by atoms with Crippen LogP contribution in [0.2, 0.25) is 0 Å². The summed E-state index contributed by atoms with van der Waals surface area (Å²) in [5.41, 5.74) is 10.2. The molecule has 28 heavy (non-hydrogen) atoms. The standard InChI is InChI=1S/C21H24N4O3/c1-5-28-21-18-17(14-7-6-13(9-22)8-15(14)27-4)16(20(23)26)12(3)25-19(18)11(2)10-24-21/h7-8,10,13,17,25H,5-6H2,1-4H3,(H2,23,26)/t13?,17-/m1/s1. The second-order valence-electron chi connectivity index (χ2n) is 6.79. The van der Waals surface area contributed by atoms with Crippen molar-refractivity contribution < 1.29 is 14.3 Å². The van der Waals surface area contributed by atoms with Crippen LogP contribution in [0.15, 0.2) is 41.0 Å². The molecule has 0 spiro atoms. The van der Waals surface area contributed by atoms with E-state index in [1.165, 1.54) is 0 Å². The molecule has 0 bridgehead atoms. The summed E-state index contributed by atoms with van der Waals surface area (Å²) in [5, 5.41) is 12.6. The van der Waals surface area contributed by atoms with Gasteiger partial charge >= 0.3 is 0 Å². The number of nitrogens with two attached hydrogens (primary N) is 1. The summed E-state index contributed by atoms with van der Waals surface area (Å²) in [4.78, 5) is 16.9. The summed E-state index contributed by atoms with van der Waals surface area (Å²) in [6.45, 7) is 6.09. The average molecular weight is 380 g/mol. The van der Waals surface area contributed by atoms with E-state index in [4.69, 9.17) is 15.2 Å². The molecular formula is C21H24N4O3. The Balaban J connectivity index is 2.28. The number of methoxy groups -OCH3 is 1. The normalized spacial score (nSPS) is 21.0. The van der Waals surface area contributed by atoms with Crippen molar-refractivity contribution in [1.29, 1.82) is 5.26 Å². The maximum Gasteiger partial charge on any atom is 0.247 e. The molecule has 1 amide bonds. The van der Waals surface area contributed by atoms with Gasteiger partial charge in [0.05, 0.1) is 42.9 Å². The predicted molar refractivity (Wildman–Crippen MR) is 105 cm³/mol. The number of primary amides is 1. The van der Waals surface area contributed by atoms with E-state index in [1.807, 2.05) is 26.8 Å². The molecule has 0 saturated carbocycles. The van der Waals surface area contributed by atoms with E-state index in [2.05, 4.69) is 16.4 Å². The summed E-state index contributed by atoms with van der Waals surface area (Å²) in [5.74, 6) is -0.280. The Morgan fingerprint density at radius 3 is 2.82 bits per heavy atom. The Bertz CT molecular complexity index is 953. The van der Waals surface area contributed by atoms with Crippen molar-refractivity contribution in [3.05, 3.63) is 52.1 Å². The molecule has 7 heteroatoms. The van der Waals surface area contributed by atoms with E-state index in [1.54, 1.807) is 19.4 Å². The average Bonchev–Trinajstić information content (AvgIpc) is 2.68. The lowest BCUT2D eigenvalue weighted by Crippen LogP contribution is -2.30. The maximum absolute atomic E-state index is 12.4. The number of carbonyl (C=O) groups is 1. The zero-order valence-corrected chi connectivity index (χ0v) is 16.5. The van der Waals surface area contributed by atoms with Gasteiger partial charge in [-0.3, -0.25) is 4.79 Å². The van der Waals surface area contributed by atoms with Crippen LogP contribution in [0.1, 0.15) is 37.3 Å². The molecule has 3 N–H and O–H groups in total. The highest BCUT2D eigenvalue weighted by Gasteiger charge is 2.38. The van der Waals surface area contributed by atoms with Crippen LogP contribution in [-0.4, -0.2) is 24.6 Å². The van der Waals surface area contributed by atoms with Crippen LogP contribution in [0.3, 0.4) is 0 Å². The molecule has 0 saturated heterocycles. The van der Waals surface area contributed by atoms with Gasteiger partial charge in [0.1, 0.15) is 5.76 Å². The zero-order valence-electron chi connectivity index (χ0n) is 16.5. The number of nitrogens with zero attached hydrogens (tertiary/aromatic N) is 2. The molecule has 1 aliphatic carbocycles. The Morgan fingerprint density at radius 1 is 1.46 bits per heavy atom. The fourth-order valence-electron chi connectivity index (χ4n) is 3.79. The van der Waals surface area contributed by atoms with Gasteiger partial charge in [0.25, 0.3) is 0 Å². The second kappa shape index (κ2) is 7.77. The van der Waals surface area contributed by atoms with Crippen molar-refractivity contribution in [2.24, 2.45) is 11.7 Å². The molecular weight excluding hydrogens is 356 g/mol. The van der Waals surface area contributed by atoms with E-state index < -0.39 is 11.8 Å². The highest BCUT2D eigenvalue weighted by Crippen LogP contribution is 2.49. The predicted octanol–water partition coefficient (Wildman–Crippen LogP) is 3.06. The molecule has 1 aliphatic heterocycles. The Hall–Kier alpha value is -3.27. The maximum atomic E-state index is 12.4. The van der Waals surface area contributed by atoms with Crippen LogP contribution >= 0.6 is 0 Å². The molecule has 0 fully saturated rings. The number of nitriles is 1. The quantitative estimate of drug-likeness (QED) is 0.812. The van der Waals surface area contributed by atoms with Crippen LogP contribution in [0.5, 0.6) is 5.88 Å². The van der Waals surface area contributed by atoms with Crippen LogP contribution in [0.25, 0.3) is 0 Å². The van der Waals surface area contributed by atoms with Crippen molar-refractivity contribution in [2.75, 3.05) is 19.0 Å². The smallest absolute Gasteiger partial charge is 0.247 e. The molecule has 1 aromatic heterocycles. The van der Waals surface area contributed by atoms with Gasteiger partial charge in [0.15, 0.2) is 0 Å². The lowest BCUT2D eigenvalue weighted by Gasteiger charge is -2.34. The number of carbonyl (C=O) groups excluding carboxylic acids is 1. The van der Waals surface area contributed by atoms with Crippen LogP contribution in [-0.2, 0) is 9.53 Å². The van der Waals surface area contributed by atoms with Gasteiger partial charge in [0, 0.05) is 23.0 Å². The third kappa shape index (κ3) is 3.22. The van der Waals surface area contributed by atoms with Gasteiger partial charge in [0.2, 0.25) is 11.8 Å². The molecule has 7 nitrogen and oxygen atoms in total. The van der Waals surface area contributed by atoms with E-state index in [0.29, 0.717) is 35.9 Å². The monoisotopic (exact) mass is 380 g/mol. The molecule has 0 radical (unpaired) electrons. The molecule has 2 heterocycles. The van der Waals surface area contributed by atoms with Crippen molar-refractivity contribution >= 4 is 11.6 Å². The molecule has 2 aliphatic rings. The number of rotatable bonds is 5. The minimum absolute atomic E-state index is 0.274. The van der Waals surface area contributed by atoms with Gasteiger partial charge in [-0.2, -0.15) is 5.26 Å². The Labute approximate surface area is 164 Å². The van der Waals surface area contributed by atoms with Crippen LogP contribution < -0.4 is 15.8 Å². The molecule has 1 aromatic rings. The topological polar surface area (TPSA) is 110 Å². The van der Waals surface area contributed by atoms with Gasteiger partial charge in [-0.15, -0.1) is 0 Å². The third-order valence-electron chi connectivity index (χ3n) is 5.04. The fraction of sp³-hybridized carbons (Fsp3) is 0.381. The largest absolute Gasteiger partial charge is 0.497 e. The number of anilines is 1.